The van der Waals surface area contributed by atoms with Crippen LogP contribution in [0.2, 0.25) is 0 Å². The number of aromatic nitrogens is 2. The molecule has 1 heterocycles. The zero-order valence-electron chi connectivity index (χ0n) is 15.1. The molecule has 2 saturated carbocycles. The maximum Gasteiger partial charge on any atom is 0.246 e. The SMILES string of the molecule is CCn1ncc(S(=O)(=O)N(C2CCCCC2)C2CCCCC2)c1C. The third kappa shape index (κ3) is 3.40. The van der Waals surface area contributed by atoms with E-state index in [2.05, 4.69) is 5.10 Å². The van der Waals surface area contributed by atoms with Crippen molar-refractivity contribution in [2.45, 2.75) is 102 Å². The number of hydrogen-bond donors (Lipinski definition) is 0. The molecule has 0 aliphatic heterocycles. The Morgan fingerprint density at radius 1 is 1.04 bits per heavy atom. The van der Waals surface area contributed by atoms with Gasteiger partial charge in [0.15, 0.2) is 0 Å². The van der Waals surface area contributed by atoms with Gasteiger partial charge in [-0.1, -0.05) is 38.5 Å². The summed E-state index contributed by atoms with van der Waals surface area (Å²) in [4.78, 5) is 0.417. The van der Waals surface area contributed by atoms with Gasteiger partial charge in [0, 0.05) is 18.6 Å². The van der Waals surface area contributed by atoms with Gasteiger partial charge in [0.05, 0.1) is 11.9 Å². The molecule has 136 valence electrons. The summed E-state index contributed by atoms with van der Waals surface area (Å²) in [6.07, 6.45) is 12.7. The predicted octanol–water partition coefficient (Wildman–Crippen LogP) is 3.87. The van der Waals surface area contributed by atoms with Crippen LogP contribution in [-0.4, -0.2) is 34.6 Å². The normalized spacial score (nSPS) is 21.5. The van der Waals surface area contributed by atoms with Crippen LogP contribution in [0.1, 0.15) is 76.8 Å². The van der Waals surface area contributed by atoms with Crippen LogP contribution >= 0.6 is 0 Å². The van der Waals surface area contributed by atoms with E-state index in [-0.39, 0.29) is 12.1 Å². The van der Waals surface area contributed by atoms with Crippen LogP contribution in [0.25, 0.3) is 0 Å². The first kappa shape index (κ1) is 17.9. The van der Waals surface area contributed by atoms with E-state index in [9.17, 15) is 8.42 Å². The van der Waals surface area contributed by atoms with Crippen LogP contribution in [0.5, 0.6) is 0 Å². The molecule has 2 aliphatic carbocycles. The van der Waals surface area contributed by atoms with E-state index in [1.54, 1.807) is 10.9 Å². The number of nitrogens with zero attached hydrogens (tertiary/aromatic N) is 3. The van der Waals surface area contributed by atoms with Crippen LogP contribution in [0.15, 0.2) is 11.1 Å². The second-order valence-electron chi connectivity index (χ2n) is 7.33. The van der Waals surface area contributed by atoms with Gasteiger partial charge >= 0.3 is 0 Å². The van der Waals surface area contributed by atoms with E-state index >= 15 is 0 Å². The molecule has 0 unspecified atom stereocenters. The Hall–Kier alpha value is -0.880. The van der Waals surface area contributed by atoms with Gasteiger partial charge in [-0.25, -0.2) is 8.42 Å². The lowest BCUT2D eigenvalue weighted by Crippen LogP contribution is -2.48. The lowest BCUT2D eigenvalue weighted by atomic mass is 9.91. The molecule has 5 nitrogen and oxygen atoms in total. The van der Waals surface area contributed by atoms with Crippen molar-refractivity contribution < 1.29 is 8.42 Å². The Labute approximate surface area is 146 Å². The highest BCUT2D eigenvalue weighted by Gasteiger charge is 2.39. The van der Waals surface area contributed by atoms with Crippen molar-refractivity contribution in [2.24, 2.45) is 0 Å². The van der Waals surface area contributed by atoms with Crippen molar-refractivity contribution in [3.8, 4) is 0 Å². The van der Waals surface area contributed by atoms with Gasteiger partial charge in [0.2, 0.25) is 10.0 Å². The van der Waals surface area contributed by atoms with Gasteiger partial charge in [0.25, 0.3) is 0 Å². The van der Waals surface area contributed by atoms with Crippen molar-refractivity contribution >= 4 is 10.0 Å². The van der Waals surface area contributed by atoms with Gasteiger partial charge in [-0.2, -0.15) is 9.40 Å². The summed E-state index contributed by atoms with van der Waals surface area (Å²) in [5, 5.41) is 4.28. The van der Waals surface area contributed by atoms with E-state index in [1.807, 2.05) is 18.2 Å². The molecule has 24 heavy (non-hydrogen) atoms. The summed E-state index contributed by atoms with van der Waals surface area (Å²) >= 11 is 0. The maximum atomic E-state index is 13.6. The lowest BCUT2D eigenvalue weighted by molar-refractivity contribution is 0.169. The van der Waals surface area contributed by atoms with Gasteiger partial charge in [-0.3, -0.25) is 4.68 Å². The molecule has 1 aromatic rings. The smallest absolute Gasteiger partial charge is 0.246 e. The van der Waals surface area contributed by atoms with Crippen molar-refractivity contribution in [1.82, 2.24) is 14.1 Å². The fourth-order valence-corrected chi connectivity index (χ4v) is 6.57. The molecule has 0 atom stereocenters. The second-order valence-corrected chi connectivity index (χ2v) is 9.14. The van der Waals surface area contributed by atoms with Crippen molar-refractivity contribution in [3.63, 3.8) is 0 Å². The Balaban J connectivity index is 1.97. The topological polar surface area (TPSA) is 55.2 Å². The summed E-state index contributed by atoms with van der Waals surface area (Å²) in [7, 11) is -3.47. The quantitative estimate of drug-likeness (QED) is 0.807. The van der Waals surface area contributed by atoms with Gasteiger partial charge < -0.3 is 0 Å². The van der Waals surface area contributed by atoms with E-state index in [4.69, 9.17) is 0 Å². The first-order valence-corrected chi connectivity index (χ1v) is 11.1. The molecule has 0 amide bonds. The second kappa shape index (κ2) is 7.56. The molecule has 0 spiro atoms. The Bertz CT molecular complexity index is 623. The molecule has 6 heteroatoms. The third-order valence-electron chi connectivity index (χ3n) is 5.78. The predicted molar refractivity (Wildman–Crippen MR) is 95.4 cm³/mol. The van der Waals surface area contributed by atoms with Crippen LogP contribution in [0.3, 0.4) is 0 Å². The average molecular weight is 354 g/mol. The summed E-state index contributed by atoms with van der Waals surface area (Å²) in [6.45, 7) is 4.58. The molecule has 0 N–H and O–H groups in total. The molecule has 0 aromatic carbocycles. The summed E-state index contributed by atoms with van der Waals surface area (Å²) in [6, 6.07) is 0.354. The molecule has 2 aliphatic rings. The monoisotopic (exact) mass is 353 g/mol. The summed E-state index contributed by atoms with van der Waals surface area (Å²) in [5.74, 6) is 0. The minimum atomic E-state index is -3.47. The van der Waals surface area contributed by atoms with E-state index < -0.39 is 10.0 Å². The number of aryl methyl sites for hydroxylation is 1. The van der Waals surface area contributed by atoms with Crippen LogP contribution in [0, 0.1) is 6.92 Å². The first-order chi connectivity index (χ1) is 11.6. The van der Waals surface area contributed by atoms with Gasteiger partial charge in [-0.05, 0) is 39.5 Å². The highest BCUT2D eigenvalue weighted by atomic mass is 32.2. The number of sulfonamides is 1. The minimum absolute atomic E-state index is 0.177. The highest BCUT2D eigenvalue weighted by Crippen LogP contribution is 2.35. The molecular weight excluding hydrogens is 322 g/mol. The summed E-state index contributed by atoms with van der Waals surface area (Å²) < 4.78 is 30.8. The van der Waals surface area contributed by atoms with E-state index in [0.29, 0.717) is 11.4 Å². The molecule has 0 radical (unpaired) electrons. The molecule has 0 bridgehead atoms. The van der Waals surface area contributed by atoms with E-state index in [1.165, 1.54) is 12.8 Å². The Kier molecular flexibility index (Phi) is 5.65. The molecule has 1 aromatic heterocycles. The van der Waals surface area contributed by atoms with Crippen molar-refractivity contribution in [3.05, 3.63) is 11.9 Å². The van der Waals surface area contributed by atoms with Crippen LogP contribution in [-0.2, 0) is 16.6 Å². The standard InChI is InChI=1S/C18H31N3O2S/c1-3-20-15(2)18(14-19-20)24(22,23)21(16-10-6-4-7-11-16)17-12-8-5-9-13-17/h14,16-17H,3-13H2,1-2H3. The Morgan fingerprint density at radius 2 is 1.54 bits per heavy atom. The molecule has 0 saturated heterocycles. The largest absolute Gasteiger partial charge is 0.269 e. The first-order valence-electron chi connectivity index (χ1n) is 9.61. The highest BCUT2D eigenvalue weighted by molar-refractivity contribution is 7.89. The number of rotatable bonds is 5. The van der Waals surface area contributed by atoms with E-state index in [0.717, 1.165) is 57.1 Å². The van der Waals surface area contributed by atoms with Crippen molar-refractivity contribution in [2.75, 3.05) is 0 Å². The lowest BCUT2D eigenvalue weighted by Gasteiger charge is -2.40. The minimum Gasteiger partial charge on any atom is -0.269 e. The van der Waals surface area contributed by atoms with Crippen molar-refractivity contribution in [1.29, 1.82) is 0 Å². The number of hydrogen-bond acceptors (Lipinski definition) is 3. The fourth-order valence-electron chi connectivity index (χ4n) is 4.48. The molecular formula is C18H31N3O2S. The van der Waals surface area contributed by atoms with Crippen LogP contribution < -0.4 is 0 Å². The average Bonchev–Trinajstić information content (AvgIpc) is 2.98. The Morgan fingerprint density at radius 3 is 1.96 bits per heavy atom. The third-order valence-corrected chi connectivity index (χ3v) is 7.89. The maximum absolute atomic E-state index is 13.6. The fraction of sp³-hybridized carbons (Fsp3) is 0.833. The zero-order chi connectivity index (χ0) is 17.2. The molecule has 3 rings (SSSR count). The van der Waals surface area contributed by atoms with Crippen LogP contribution in [0.4, 0.5) is 0 Å². The zero-order valence-corrected chi connectivity index (χ0v) is 15.9. The van der Waals surface area contributed by atoms with Gasteiger partial charge in [0.1, 0.15) is 4.90 Å². The van der Waals surface area contributed by atoms with Gasteiger partial charge in [-0.15, -0.1) is 0 Å². The summed E-state index contributed by atoms with van der Waals surface area (Å²) in [5.41, 5.74) is 0.772. The molecule has 2 fully saturated rings.